The summed E-state index contributed by atoms with van der Waals surface area (Å²) in [6, 6.07) is 18.8. The molecule has 154 valence electrons. The average Bonchev–Trinajstić information content (AvgIpc) is 3.30. The van der Waals surface area contributed by atoms with Crippen LogP contribution in [0.1, 0.15) is 44.1 Å². The molecular weight excluding hydrogens is 380 g/mol. The van der Waals surface area contributed by atoms with E-state index < -0.39 is 0 Å². The fourth-order valence-corrected chi connectivity index (χ4v) is 4.95. The highest BCUT2D eigenvalue weighted by Crippen LogP contribution is 2.32. The molecule has 0 unspecified atom stereocenters. The van der Waals surface area contributed by atoms with E-state index in [9.17, 15) is 4.79 Å². The molecule has 1 saturated carbocycles. The van der Waals surface area contributed by atoms with Gasteiger partial charge in [-0.15, -0.1) is 0 Å². The molecule has 1 heterocycles. The highest BCUT2D eigenvalue weighted by atomic mass is 35.5. The Morgan fingerprint density at radius 3 is 2.24 bits per heavy atom. The molecule has 0 N–H and O–H groups in total. The number of nitrogens with zero attached hydrogens (tertiary/aromatic N) is 2. The van der Waals surface area contributed by atoms with Gasteiger partial charge in [-0.25, -0.2) is 0 Å². The third kappa shape index (κ3) is 5.21. The van der Waals surface area contributed by atoms with Crippen molar-refractivity contribution in [3.63, 3.8) is 0 Å². The molecule has 1 aliphatic carbocycles. The van der Waals surface area contributed by atoms with Gasteiger partial charge in [-0.3, -0.25) is 4.79 Å². The predicted molar refractivity (Wildman–Crippen MR) is 121 cm³/mol. The number of hydrogen-bond acceptors (Lipinski definition) is 2. The van der Waals surface area contributed by atoms with Crippen molar-refractivity contribution < 1.29 is 4.79 Å². The van der Waals surface area contributed by atoms with Gasteiger partial charge in [-0.1, -0.05) is 54.8 Å². The molecule has 0 spiro atoms. The van der Waals surface area contributed by atoms with Crippen LogP contribution >= 0.6 is 11.6 Å². The van der Waals surface area contributed by atoms with Crippen LogP contribution in [0.15, 0.2) is 54.6 Å². The first-order valence-corrected chi connectivity index (χ1v) is 11.4. The van der Waals surface area contributed by atoms with E-state index in [0.29, 0.717) is 5.91 Å². The van der Waals surface area contributed by atoms with E-state index in [0.717, 1.165) is 62.4 Å². The summed E-state index contributed by atoms with van der Waals surface area (Å²) in [4.78, 5) is 18.1. The normalized spacial score (nSPS) is 18.8. The van der Waals surface area contributed by atoms with Crippen molar-refractivity contribution in [3.05, 3.63) is 65.2 Å². The Morgan fingerprint density at radius 2 is 1.59 bits per heavy atom. The highest BCUT2D eigenvalue weighted by molar-refractivity contribution is 6.30. The Balaban J connectivity index is 1.40. The zero-order valence-corrected chi connectivity index (χ0v) is 17.9. The molecule has 1 saturated heterocycles. The van der Waals surface area contributed by atoms with Gasteiger partial charge in [0.15, 0.2) is 0 Å². The fourth-order valence-electron chi connectivity index (χ4n) is 4.82. The van der Waals surface area contributed by atoms with Crippen molar-refractivity contribution in [1.82, 2.24) is 4.90 Å². The summed E-state index contributed by atoms with van der Waals surface area (Å²) in [5, 5.41) is 0.720. The number of carbonyl (C=O) groups excluding carboxylic acids is 1. The third-order valence-electron chi connectivity index (χ3n) is 6.53. The molecule has 1 aliphatic heterocycles. The maximum Gasteiger partial charge on any atom is 0.230 e. The van der Waals surface area contributed by atoms with Crippen LogP contribution in [0.4, 0.5) is 5.69 Å². The van der Waals surface area contributed by atoms with Gasteiger partial charge in [0.25, 0.3) is 0 Å². The lowest BCUT2D eigenvalue weighted by atomic mass is 9.98. The van der Waals surface area contributed by atoms with Gasteiger partial charge in [0.1, 0.15) is 0 Å². The van der Waals surface area contributed by atoms with E-state index in [1.54, 1.807) is 0 Å². The van der Waals surface area contributed by atoms with Crippen LogP contribution < -0.4 is 4.90 Å². The number of amides is 1. The Hall–Kier alpha value is -1.84. The lowest BCUT2D eigenvalue weighted by molar-refractivity contribution is -0.122. The Morgan fingerprint density at radius 1 is 0.931 bits per heavy atom. The van der Waals surface area contributed by atoms with Gasteiger partial charge in [0, 0.05) is 42.3 Å². The molecular formula is C25H31ClN2O. The highest BCUT2D eigenvalue weighted by Gasteiger charge is 2.34. The summed E-state index contributed by atoms with van der Waals surface area (Å²) in [5.74, 6) is 0.523. The molecule has 2 aromatic rings. The van der Waals surface area contributed by atoms with Crippen molar-refractivity contribution in [2.24, 2.45) is 5.92 Å². The predicted octanol–water partition coefficient (Wildman–Crippen LogP) is 5.57. The van der Waals surface area contributed by atoms with Crippen molar-refractivity contribution in [2.75, 3.05) is 24.5 Å². The lowest BCUT2D eigenvalue weighted by Gasteiger charge is -2.39. The smallest absolute Gasteiger partial charge is 0.230 e. The van der Waals surface area contributed by atoms with Crippen LogP contribution in [-0.4, -0.2) is 36.5 Å². The molecule has 2 fully saturated rings. The van der Waals surface area contributed by atoms with Gasteiger partial charge in [0.05, 0.1) is 0 Å². The molecule has 29 heavy (non-hydrogen) atoms. The minimum absolute atomic E-state index is 0.196. The number of benzene rings is 2. The quantitative estimate of drug-likeness (QED) is 0.621. The standard InChI is InChI=1S/C25H31ClN2O/c26-22-10-12-23(13-11-22)28(25(29)21-8-4-5-9-21)24-15-18-27(19-16-24)17-14-20-6-2-1-3-7-20/h1-3,6-7,10-13,21,24H,4-5,8-9,14-19H2. The zero-order chi connectivity index (χ0) is 20.1. The average molecular weight is 411 g/mol. The van der Waals surface area contributed by atoms with Crippen molar-refractivity contribution in [3.8, 4) is 0 Å². The molecule has 1 amide bonds. The van der Waals surface area contributed by atoms with Crippen LogP contribution in [0, 0.1) is 5.92 Å². The van der Waals surface area contributed by atoms with Crippen LogP contribution in [0.25, 0.3) is 0 Å². The summed E-state index contributed by atoms with van der Waals surface area (Å²) < 4.78 is 0. The van der Waals surface area contributed by atoms with Gasteiger partial charge < -0.3 is 9.80 Å². The summed E-state index contributed by atoms with van der Waals surface area (Å²) in [5.41, 5.74) is 2.41. The number of halogens is 1. The van der Waals surface area contributed by atoms with Gasteiger partial charge in [-0.05, 0) is 61.9 Å². The minimum Gasteiger partial charge on any atom is -0.309 e. The summed E-state index contributed by atoms with van der Waals surface area (Å²) in [7, 11) is 0. The first-order chi connectivity index (χ1) is 14.2. The minimum atomic E-state index is 0.196. The number of rotatable bonds is 6. The van der Waals surface area contributed by atoms with Gasteiger partial charge in [-0.2, -0.15) is 0 Å². The Kier molecular flexibility index (Phi) is 6.89. The Labute approximate surface area is 179 Å². The lowest BCUT2D eigenvalue weighted by Crippen LogP contribution is -2.49. The van der Waals surface area contributed by atoms with E-state index in [2.05, 4.69) is 40.1 Å². The number of piperidine rings is 1. The van der Waals surface area contributed by atoms with Gasteiger partial charge in [0.2, 0.25) is 5.91 Å². The molecule has 3 nitrogen and oxygen atoms in total. The van der Waals surface area contributed by atoms with E-state index in [-0.39, 0.29) is 12.0 Å². The monoisotopic (exact) mass is 410 g/mol. The SMILES string of the molecule is O=C(C1CCCC1)N(c1ccc(Cl)cc1)C1CCN(CCc2ccccc2)CC1. The maximum absolute atomic E-state index is 13.4. The molecule has 4 heteroatoms. The summed E-state index contributed by atoms with van der Waals surface area (Å²) in [6.45, 7) is 3.20. The molecule has 0 bridgehead atoms. The molecule has 0 radical (unpaired) electrons. The maximum atomic E-state index is 13.4. The summed E-state index contributed by atoms with van der Waals surface area (Å²) >= 11 is 6.10. The van der Waals surface area contributed by atoms with Crippen molar-refractivity contribution in [2.45, 2.75) is 51.0 Å². The topological polar surface area (TPSA) is 23.6 Å². The molecule has 2 aliphatic rings. The van der Waals surface area contributed by atoms with E-state index in [1.165, 1.54) is 18.4 Å². The number of anilines is 1. The zero-order valence-electron chi connectivity index (χ0n) is 17.1. The van der Waals surface area contributed by atoms with Crippen LogP contribution in [-0.2, 0) is 11.2 Å². The first kappa shape index (κ1) is 20.4. The second-order valence-electron chi connectivity index (χ2n) is 8.47. The number of likely N-dealkylation sites (tertiary alicyclic amines) is 1. The fraction of sp³-hybridized carbons (Fsp3) is 0.480. The molecule has 0 atom stereocenters. The largest absolute Gasteiger partial charge is 0.309 e. The molecule has 4 rings (SSSR count). The second kappa shape index (κ2) is 9.77. The van der Waals surface area contributed by atoms with Crippen LogP contribution in [0.2, 0.25) is 5.02 Å². The number of carbonyl (C=O) groups is 1. The number of hydrogen-bond donors (Lipinski definition) is 0. The second-order valence-corrected chi connectivity index (χ2v) is 8.91. The Bertz CT molecular complexity index is 778. The van der Waals surface area contributed by atoms with Crippen molar-refractivity contribution in [1.29, 1.82) is 0 Å². The van der Waals surface area contributed by atoms with E-state index in [4.69, 9.17) is 11.6 Å². The summed E-state index contributed by atoms with van der Waals surface area (Å²) in [6.07, 6.45) is 7.61. The van der Waals surface area contributed by atoms with Gasteiger partial charge >= 0.3 is 0 Å². The third-order valence-corrected chi connectivity index (χ3v) is 6.78. The van der Waals surface area contributed by atoms with Crippen LogP contribution in [0.5, 0.6) is 0 Å². The molecule has 2 aromatic carbocycles. The van der Waals surface area contributed by atoms with E-state index in [1.807, 2.05) is 24.3 Å². The van der Waals surface area contributed by atoms with Crippen LogP contribution in [0.3, 0.4) is 0 Å². The first-order valence-electron chi connectivity index (χ1n) is 11.1. The van der Waals surface area contributed by atoms with E-state index >= 15 is 0 Å². The molecule has 0 aromatic heterocycles. The van der Waals surface area contributed by atoms with Crippen molar-refractivity contribution >= 4 is 23.2 Å².